The molecule has 3 aromatic heterocycles. The van der Waals surface area contributed by atoms with E-state index >= 15 is 0 Å². The summed E-state index contributed by atoms with van der Waals surface area (Å²) in [4.78, 5) is 52.5. The summed E-state index contributed by atoms with van der Waals surface area (Å²) in [7, 11) is 1.76. The maximum Gasteiger partial charge on any atom is 0.296 e. The van der Waals surface area contributed by atoms with E-state index < -0.39 is 5.91 Å². The van der Waals surface area contributed by atoms with Crippen LogP contribution in [0.25, 0.3) is 17.4 Å². The van der Waals surface area contributed by atoms with Crippen LogP contribution in [0.4, 0.5) is 21.6 Å². The van der Waals surface area contributed by atoms with Crippen LogP contribution in [0.1, 0.15) is 16.8 Å². The number of para-hydroxylation sites is 1. The van der Waals surface area contributed by atoms with Crippen LogP contribution < -0.4 is 25.8 Å². The van der Waals surface area contributed by atoms with Gasteiger partial charge in [0.2, 0.25) is 0 Å². The number of carbonyl (C=O) groups excluding carboxylic acids is 1. The molecule has 1 amide bonds. The summed E-state index contributed by atoms with van der Waals surface area (Å²) in [5.74, 6) is -0.306. The van der Waals surface area contributed by atoms with Crippen molar-refractivity contribution in [2.24, 2.45) is 7.05 Å². The number of carbonyl (C=O) groups is 1. The average molecular weight is 668 g/mol. The van der Waals surface area contributed by atoms with Gasteiger partial charge in [0.1, 0.15) is 23.0 Å². The highest BCUT2D eigenvalue weighted by Gasteiger charge is 2.38. The first-order valence-electron chi connectivity index (χ1n) is 15.0. The molecule has 0 saturated carbocycles. The molecule has 0 N–H and O–H groups in total. The van der Waals surface area contributed by atoms with E-state index in [2.05, 4.69) is 4.90 Å². The quantitative estimate of drug-likeness (QED) is 0.198. The predicted octanol–water partition coefficient (Wildman–Crippen LogP) is 4.67. The molecule has 2 fully saturated rings. The van der Waals surface area contributed by atoms with Crippen LogP contribution >= 0.6 is 24.0 Å². The number of rotatable bonds is 5. The van der Waals surface area contributed by atoms with Gasteiger partial charge in [0.15, 0.2) is 4.32 Å². The van der Waals surface area contributed by atoms with Crippen LogP contribution in [0.2, 0.25) is 0 Å². The third-order valence-corrected chi connectivity index (χ3v) is 9.88. The molecule has 0 aliphatic carbocycles. The number of thioether (sulfide) groups is 1. The van der Waals surface area contributed by atoms with Crippen molar-refractivity contribution >= 4 is 63.1 Å². The van der Waals surface area contributed by atoms with Gasteiger partial charge in [-0.3, -0.25) is 28.4 Å². The zero-order chi connectivity index (χ0) is 33.0. The fourth-order valence-electron chi connectivity index (χ4n) is 6.05. The normalized spacial score (nSPS) is 16.3. The summed E-state index contributed by atoms with van der Waals surface area (Å²) in [6.45, 7) is 6.02. The van der Waals surface area contributed by atoms with Gasteiger partial charge in [0.25, 0.3) is 17.0 Å². The second-order valence-corrected chi connectivity index (χ2v) is 13.1. The van der Waals surface area contributed by atoms with Crippen molar-refractivity contribution in [3.05, 3.63) is 121 Å². The third kappa shape index (κ3) is 5.34. The van der Waals surface area contributed by atoms with Gasteiger partial charge in [0, 0.05) is 45.1 Å². The van der Waals surface area contributed by atoms with E-state index in [4.69, 9.17) is 17.2 Å². The van der Waals surface area contributed by atoms with Crippen LogP contribution in [0.15, 0.2) is 87.4 Å². The number of hydrogen-bond acceptors (Lipinski definition) is 8. The van der Waals surface area contributed by atoms with E-state index in [1.165, 1.54) is 26.1 Å². The Hall–Kier alpha value is -5.01. The molecule has 2 aromatic carbocycles. The molecule has 0 unspecified atom stereocenters. The van der Waals surface area contributed by atoms with Crippen molar-refractivity contribution in [1.82, 2.24) is 18.7 Å². The van der Waals surface area contributed by atoms with Crippen LogP contribution in [0.5, 0.6) is 0 Å². The molecular weight excluding hydrogens is 638 g/mol. The van der Waals surface area contributed by atoms with Crippen molar-refractivity contribution in [3.8, 4) is 5.69 Å². The lowest BCUT2D eigenvalue weighted by Gasteiger charge is -2.37. The van der Waals surface area contributed by atoms with Crippen molar-refractivity contribution < 1.29 is 9.18 Å². The van der Waals surface area contributed by atoms with E-state index in [-0.39, 0.29) is 37.4 Å². The molecule has 13 heteroatoms. The minimum Gasteiger partial charge on any atom is -0.368 e. The number of halogens is 1. The number of anilines is 3. The molecule has 0 radical (unpaired) electrons. The molecule has 5 heterocycles. The van der Waals surface area contributed by atoms with Gasteiger partial charge in [-0.15, -0.1) is 0 Å². The summed E-state index contributed by atoms with van der Waals surface area (Å²) in [6, 6.07) is 19.3. The van der Waals surface area contributed by atoms with Gasteiger partial charge >= 0.3 is 0 Å². The van der Waals surface area contributed by atoms with E-state index in [0.29, 0.717) is 49.0 Å². The van der Waals surface area contributed by atoms with Gasteiger partial charge in [-0.25, -0.2) is 14.1 Å². The Bertz CT molecular complexity index is 2220. The summed E-state index contributed by atoms with van der Waals surface area (Å²) < 4.78 is 18.4. The van der Waals surface area contributed by atoms with Crippen molar-refractivity contribution in [2.45, 2.75) is 13.8 Å². The highest BCUT2D eigenvalue weighted by Crippen LogP contribution is 2.37. The number of nitrogens with zero attached hydrogens (tertiary/aromatic N) is 7. The molecule has 5 aromatic rings. The Balaban J connectivity index is 1.28. The molecule has 238 valence electrons. The summed E-state index contributed by atoms with van der Waals surface area (Å²) >= 11 is 6.71. The minimum absolute atomic E-state index is 0.170. The Morgan fingerprint density at radius 1 is 0.851 bits per heavy atom. The molecule has 0 spiro atoms. The second kappa shape index (κ2) is 12.0. The number of thiocarbonyl (C=S) groups is 1. The molecule has 0 atom stereocenters. The maximum atomic E-state index is 14.1. The Kier molecular flexibility index (Phi) is 7.80. The average Bonchev–Trinajstić information content (AvgIpc) is 3.47. The number of amides is 1. The van der Waals surface area contributed by atoms with Crippen LogP contribution in [0.3, 0.4) is 0 Å². The zero-order valence-corrected chi connectivity index (χ0v) is 27.5. The van der Waals surface area contributed by atoms with Gasteiger partial charge < -0.3 is 9.80 Å². The molecular formula is C34H30FN7O3S2. The highest BCUT2D eigenvalue weighted by molar-refractivity contribution is 8.27. The van der Waals surface area contributed by atoms with Gasteiger partial charge in [-0.2, -0.15) is 0 Å². The number of aromatic nitrogens is 4. The van der Waals surface area contributed by atoms with E-state index in [0.717, 1.165) is 23.0 Å². The molecule has 2 aliphatic heterocycles. The molecule has 10 nitrogen and oxygen atoms in total. The van der Waals surface area contributed by atoms with E-state index in [9.17, 15) is 18.8 Å². The van der Waals surface area contributed by atoms with Crippen molar-refractivity contribution in [2.75, 3.05) is 40.9 Å². The Morgan fingerprint density at radius 2 is 1.53 bits per heavy atom. The first-order valence-corrected chi connectivity index (χ1v) is 16.3. The topological polar surface area (TPSA) is 88.1 Å². The third-order valence-electron chi connectivity index (χ3n) is 8.57. The molecule has 0 bridgehead atoms. The minimum atomic E-state index is -0.480. The second-order valence-electron chi connectivity index (χ2n) is 11.5. The van der Waals surface area contributed by atoms with Crippen LogP contribution in [0, 0.1) is 19.7 Å². The molecule has 2 saturated heterocycles. The number of piperazine rings is 1. The largest absolute Gasteiger partial charge is 0.368 e. The summed E-state index contributed by atoms with van der Waals surface area (Å²) in [5, 5.41) is 0. The SMILES string of the molecule is Cc1ccc2nc(N3CCN(c4ccc(F)cc4)CC3)c(C=C3SC(=S)N(c4c(C)n(C)n(-c5ccccc5)c4=O)C3=O)c(=O)n2c1. The summed E-state index contributed by atoms with van der Waals surface area (Å²) in [5.41, 5.74) is 3.25. The number of pyridine rings is 1. The smallest absolute Gasteiger partial charge is 0.296 e. The zero-order valence-electron chi connectivity index (χ0n) is 25.9. The predicted molar refractivity (Wildman–Crippen MR) is 188 cm³/mol. The van der Waals surface area contributed by atoms with E-state index in [1.54, 1.807) is 49.1 Å². The van der Waals surface area contributed by atoms with Gasteiger partial charge in [-0.05, 0) is 68.0 Å². The van der Waals surface area contributed by atoms with Gasteiger partial charge in [0.05, 0.1) is 21.8 Å². The maximum absolute atomic E-state index is 14.1. The first-order chi connectivity index (χ1) is 22.6. The first kappa shape index (κ1) is 30.6. The van der Waals surface area contributed by atoms with Crippen molar-refractivity contribution in [1.29, 1.82) is 0 Å². The molecule has 47 heavy (non-hydrogen) atoms. The highest BCUT2D eigenvalue weighted by atomic mass is 32.2. The molecule has 7 rings (SSSR count). The Morgan fingerprint density at radius 3 is 2.23 bits per heavy atom. The number of benzene rings is 2. The molecule has 2 aliphatic rings. The van der Waals surface area contributed by atoms with Crippen LogP contribution in [-0.2, 0) is 11.8 Å². The van der Waals surface area contributed by atoms with Crippen molar-refractivity contribution in [3.63, 3.8) is 0 Å². The number of fused-ring (bicyclic) bond motifs is 1. The lowest BCUT2D eigenvalue weighted by Crippen LogP contribution is -2.47. The fourth-order valence-corrected chi connectivity index (χ4v) is 7.30. The van der Waals surface area contributed by atoms with E-state index in [1.807, 2.05) is 48.2 Å². The Labute approximate surface area is 278 Å². The standard InChI is InChI=1S/C34H30FN7O3S2/c1-21-9-14-28-36-30(39-17-15-38(16-18-39)24-12-10-23(35)11-13-24)26(31(43)40(28)20-21)19-27-32(44)41(34(46)47-27)29-22(2)37(3)42(33(29)45)25-7-5-4-6-8-25/h4-14,19-20H,15-18H2,1-3H3. The number of aryl methyl sites for hydroxylation is 1. The lowest BCUT2D eigenvalue weighted by molar-refractivity contribution is -0.113. The summed E-state index contributed by atoms with van der Waals surface area (Å²) in [6.07, 6.45) is 3.28. The number of hydrogen-bond donors (Lipinski definition) is 0. The monoisotopic (exact) mass is 667 g/mol. The van der Waals surface area contributed by atoms with Gasteiger partial charge in [-0.1, -0.05) is 48.2 Å². The lowest BCUT2D eigenvalue weighted by atomic mass is 10.2. The fraction of sp³-hybridized carbons (Fsp3) is 0.206. The van der Waals surface area contributed by atoms with Crippen LogP contribution in [-0.4, -0.2) is 55.2 Å².